The van der Waals surface area contributed by atoms with Gasteiger partial charge in [-0.2, -0.15) is 4.98 Å². The summed E-state index contributed by atoms with van der Waals surface area (Å²) in [5.74, 6) is 0.875. The van der Waals surface area contributed by atoms with Gasteiger partial charge in [-0.05, 0) is 25.3 Å². The fourth-order valence-corrected chi connectivity index (χ4v) is 5.09. The van der Waals surface area contributed by atoms with Crippen molar-refractivity contribution in [3.63, 3.8) is 0 Å². The van der Waals surface area contributed by atoms with E-state index in [1.165, 1.54) is 24.0 Å². The van der Waals surface area contributed by atoms with Crippen LogP contribution in [0.5, 0.6) is 0 Å². The molecule has 0 amide bonds. The quantitative estimate of drug-likeness (QED) is 0.719. The molecule has 1 aromatic heterocycles. The number of likely N-dealkylation sites (N-methyl/N-ethyl adjacent to an activating group) is 1. The van der Waals surface area contributed by atoms with Crippen LogP contribution in [-0.4, -0.2) is 28.0 Å². The Kier molecular flexibility index (Phi) is 5.06. The highest BCUT2D eigenvalue weighted by Gasteiger charge is 2.38. The lowest BCUT2D eigenvalue weighted by Gasteiger charge is -2.35. The molecule has 4 rings (SSSR count). The molecular formula is C25H31N3O. The van der Waals surface area contributed by atoms with Crippen LogP contribution in [0.15, 0.2) is 47.9 Å². The maximum Gasteiger partial charge on any atom is 0.280 e. The van der Waals surface area contributed by atoms with Crippen LogP contribution in [-0.2, 0) is 18.4 Å². The Morgan fingerprint density at radius 3 is 2.72 bits per heavy atom. The smallest absolute Gasteiger partial charge is 0.280 e. The normalized spacial score (nSPS) is 17.7. The van der Waals surface area contributed by atoms with Crippen molar-refractivity contribution < 1.29 is 1.43 Å². The van der Waals surface area contributed by atoms with E-state index in [1.54, 1.807) is 6.08 Å². The first-order valence-corrected chi connectivity index (χ1v) is 10.4. The van der Waals surface area contributed by atoms with E-state index in [9.17, 15) is 4.79 Å². The fourth-order valence-electron chi connectivity index (χ4n) is 5.09. The lowest BCUT2D eigenvalue weighted by Crippen LogP contribution is -2.38. The minimum atomic E-state index is -0.207. The second kappa shape index (κ2) is 7.53. The van der Waals surface area contributed by atoms with Crippen LogP contribution < -0.4 is 5.56 Å². The number of aryl methyl sites for hydroxylation is 1. The van der Waals surface area contributed by atoms with Crippen molar-refractivity contribution in [2.45, 2.75) is 51.0 Å². The third-order valence-electron chi connectivity index (χ3n) is 6.62. The molecule has 4 heteroatoms. The molecule has 0 unspecified atom stereocenters. The molecule has 0 bridgehead atoms. The Bertz CT molecular complexity index is 1070. The van der Waals surface area contributed by atoms with E-state index >= 15 is 0 Å². The first-order valence-electron chi connectivity index (χ1n) is 10.4. The summed E-state index contributed by atoms with van der Waals surface area (Å²) >= 11 is 0. The zero-order chi connectivity index (χ0) is 20.6. The second-order valence-corrected chi connectivity index (χ2v) is 8.43. The molecule has 1 aliphatic carbocycles. The monoisotopic (exact) mass is 389 g/mol. The van der Waals surface area contributed by atoms with Crippen molar-refractivity contribution in [2.75, 3.05) is 13.6 Å². The zero-order valence-electron chi connectivity index (χ0n) is 17.5. The molecule has 152 valence electrons. The van der Waals surface area contributed by atoms with Crippen LogP contribution in [0.4, 0.5) is 0 Å². The van der Waals surface area contributed by atoms with Crippen molar-refractivity contribution in [1.82, 2.24) is 14.5 Å². The lowest BCUT2D eigenvalue weighted by atomic mass is 9.75. The van der Waals surface area contributed by atoms with Crippen molar-refractivity contribution in [3.8, 4) is 0 Å². The minimum Gasteiger partial charge on any atom is -0.365 e. The largest absolute Gasteiger partial charge is 0.365 e. The molecule has 0 N–H and O–H groups in total. The van der Waals surface area contributed by atoms with Gasteiger partial charge in [0.05, 0.1) is 11.3 Å². The summed E-state index contributed by atoms with van der Waals surface area (Å²) in [4.78, 5) is 19.6. The maximum absolute atomic E-state index is 12.9. The van der Waals surface area contributed by atoms with Gasteiger partial charge in [0.2, 0.25) is 0 Å². The van der Waals surface area contributed by atoms with Gasteiger partial charge in [-0.3, -0.25) is 4.79 Å². The molecule has 1 aromatic carbocycles. The van der Waals surface area contributed by atoms with Crippen molar-refractivity contribution in [2.24, 2.45) is 0 Å². The fraction of sp³-hybridized carbons (Fsp3) is 0.400. The van der Waals surface area contributed by atoms with E-state index in [2.05, 4.69) is 64.5 Å². The predicted molar refractivity (Wildman–Crippen MR) is 121 cm³/mol. The first-order chi connectivity index (χ1) is 14.0. The molecule has 1 aliphatic heterocycles. The van der Waals surface area contributed by atoms with Gasteiger partial charge in [-0.25, -0.2) is 0 Å². The van der Waals surface area contributed by atoms with E-state index in [0.717, 1.165) is 49.6 Å². The number of rotatable bonds is 4. The minimum absolute atomic E-state index is 0. The molecule has 1 fully saturated rings. The summed E-state index contributed by atoms with van der Waals surface area (Å²) in [5.41, 5.74) is 7.78. The van der Waals surface area contributed by atoms with Crippen LogP contribution in [0, 0.1) is 6.92 Å². The highest BCUT2D eigenvalue weighted by molar-refractivity contribution is 5.70. The summed E-state index contributed by atoms with van der Waals surface area (Å²) in [7, 11) is 2.01. The lowest BCUT2D eigenvalue weighted by molar-refractivity contribution is 0.372. The molecule has 1 saturated carbocycles. The molecule has 0 spiro atoms. The van der Waals surface area contributed by atoms with Gasteiger partial charge in [0.25, 0.3) is 5.56 Å². The van der Waals surface area contributed by atoms with E-state index < -0.39 is 0 Å². The van der Waals surface area contributed by atoms with Crippen molar-refractivity contribution in [3.05, 3.63) is 81.7 Å². The van der Waals surface area contributed by atoms with Gasteiger partial charge in [-0.15, -0.1) is 5.73 Å². The third kappa shape index (κ3) is 3.28. The summed E-state index contributed by atoms with van der Waals surface area (Å²) in [6, 6.07) is 8.84. The molecule has 29 heavy (non-hydrogen) atoms. The highest BCUT2D eigenvalue weighted by Crippen LogP contribution is 2.44. The van der Waals surface area contributed by atoms with Crippen LogP contribution in [0.3, 0.4) is 0 Å². The van der Waals surface area contributed by atoms with Gasteiger partial charge < -0.3 is 9.47 Å². The molecule has 4 nitrogen and oxygen atoms in total. The average molecular weight is 390 g/mol. The number of hydrogen-bond acceptors (Lipinski definition) is 3. The van der Waals surface area contributed by atoms with Gasteiger partial charge in [-0.1, -0.05) is 61.9 Å². The summed E-state index contributed by atoms with van der Waals surface area (Å²) < 4.78 is 2.21. The zero-order valence-corrected chi connectivity index (χ0v) is 17.5. The first kappa shape index (κ1) is 19.5. The van der Waals surface area contributed by atoms with Gasteiger partial charge >= 0.3 is 0 Å². The third-order valence-corrected chi connectivity index (χ3v) is 6.62. The Morgan fingerprint density at radius 2 is 2.07 bits per heavy atom. The van der Waals surface area contributed by atoms with Crippen molar-refractivity contribution in [1.29, 1.82) is 0 Å². The summed E-state index contributed by atoms with van der Waals surface area (Å²) in [6.45, 7) is 11.5. The van der Waals surface area contributed by atoms with E-state index in [-0.39, 0.29) is 12.4 Å². The molecule has 0 saturated heterocycles. The predicted octanol–water partition coefficient (Wildman–Crippen LogP) is 4.57. The SMILES string of the molecule is C=C=C1c2c(C=C)c(=O)nc(CC3(c4cccc(C)c4)CCCC3)n2CCN1C.[HH]. The topological polar surface area (TPSA) is 38.1 Å². The number of hydrogen-bond donors (Lipinski definition) is 0. The Balaban J connectivity index is 0.00000256. The Morgan fingerprint density at radius 1 is 1.31 bits per heavy atom. The number of fused-ring (bicyclic) bond motifs is 1. The molecule has 0 radical (unpaired) electrons. The summed E-state index contributed by atoms with van der Waals surface area (Å²) in [6.07, 6.45) is 7.11. The van der Waals surface area contributed by atoms with Gasteiger partial charge in [0.15, 0.2) is 0 Å². The number of aromatic nitrogens is 2. The van der Waals surface area contributed by atoms with Crippen LogP contribution >= 0.6 is 0 Å². The van der Waals surface area contributed by atoms with E-state index in [1.807, 2.05) is 7.05 Å². The van der Waals surface area contributed by atoms with Gasteiger partial charge in [0, 0.05) is 33.4 Å². The molecule has 2 aromatic rings. The van der Waals surface area contributed by atoms with E-state index in [4.69, 9.17) is 0 Å². The molecule has 0 atom stereocenters. The van der Waals surface area contributed by atoms with Gasteiger partial charge in [0.1, 0.15) is 11.5 Å². The molecule has 2 aliphatic rings. The Labute approximate surface area is 174 Å². The van der Waals surface area contributed by atoms with Crippen molar-refractivity contribution >= 4 is 11.8 Å². The highest BCUT2D eigenvalue weighted by atomic mass is 16.1. The number of nitrogens with zero attached hydrogens (tertiary/aromatic N) is 3. The van der Waals surface area contributed by atoms with Crippen LogP contribution in [0.25, 0.3) is 11.8 Å². The van der Waals surface area contributed by atoms with Crippen LogP contribution in [0.2, 0.25) is 0 Å². The standard InChI is InChI=1S/C25H29N3O.H2/c1-5-20-23-21(6-2)27(4)14-15-28(23)22(26-24(20)29)17-25(12-7-8-13-25)19-11-9-10-18(3)16-19;/h5,9-11,16H,1-2,7-8,12-15,17H2,3-4H3;1H. The maximum atomic E-state index is 12.9. The Hall–Kier alpha value is -2.84. The average Bonchev–Trinajstić information content (AvgIpc) is 3.18. The summed E-state index contributed by atoms with van der Waals surface area (Å²) in [5, 5.41) is 0. The van der Waals surface area contributed by atoms with Crippen LogP contribution in [0.1, 0.15) is 55.3 Å². The molecule has 2 heterocycles. The number of benzene rings is 1. The molecular weight excluding hydrogens is 358 g/mol. The van der Waals surface area contributed by atoms with E-state index in [0.29, 0.717) is 5.56 Å². The second-order valence-electron chi connectivity index (χ2n) is 8.43.